The Morgan fingerprint density at radius 3 is 2.74 bits per heavy atom. The van der Waals surface area contributed by atoms with E-state index in [-0.39, 0.29) is 10.9 Å². The lowest BCUT2D eigenvalue weighted by atomic mass is 10.1. The summed E-state index contributed by atoms with van der Waals surface area (Å²) in [5, 5.41) is 8.36. The third-order valence-corrected chi connectivity index (χ3v) is 6.02. The van der Waals surface area contributed by atoms with Crippen LogP contribution in [0.4, 0.5) is 0 Å². The molecule has 23 heavy (non-hydrogen) atoms. The van der Waals surface area contributed by atoms with Crippen LogP contribution in [0.15, 0.2) is 35.6 Å². The van der Waals surface area contributed by atoms with Gasteiger partial charge < -0.3 is 0 Å². The third-order valence-electron chi connectivity index (χ3n) is 4.13. The molecule has 0 amide bonds. The van der Waals surface area contributed by atoms with Crippen LogP contribution in [0.2, 0.25) is 0 Å². The number of rotatable bonds is 5. The minimum absolute atomic E-state index is 0.216. The van der Waals surface area contributed by atoms with Crippen LogP contribution in [0.3, 0.4) is 0 Å². The molecule has 2 aromatic rings. The molecule has 0 aromatic carbocycles. The second-order valence-corrected chi connectivity index (χ2v) is 7.70. The van der Waals surface area contributed by atoms with Crippen LogP contribution < -0.4 is 0 Å². The SMILES string of the molecule is CCCc1cn(C2CCN(S(=O)(=O)c3cccnc3)CC2)nn1. The monoisotopic (exact) mass is 335 g/mol. The van der Waals surface area contributed by atoms with Crippen LogP contribution >= 0.6 is 0 Å². The Balaban J connectivity index is 1.66. The molecule has 8 heteroatoms. The van der Waals surface area contributed by atoms with Crippen molar-refractivity contribution in [1.29, 1.82) is 0 Å². The lowest BCUT2D eigenvalue weighted by Gasteiger charge is -2.30. The zero-order valence-electron chi connectivity index (χ0n) is 13.2. The third kappa shape index (κ3) is 3.42. The van der Waals surface area contributed by atoms with Crippen molar-refractivity contribution in [2.24, 2.45) is 0 Å². The topological polar surface area (TPSA) is 81.0 Å². The lowest BCUT2D eigenvalue weighted by molar-refractivity contribution is 0.258. The summed E-state index contributed by atoms with van der Waals surface area (Å²) in [5.74, 6) is 0. The van der Waals surface area contributed by atoms with E-state index in [1.807, 2.05) is 10.9 Å². The molecule has 0 bridgehead atoms. The number of hydrogen-bond acceptors (Lipinski definition) is 5. The van der Waals surface area contributed by atoms with Gasteiger partial charge in [-0.1, -0.05) is 18.6 Å². The van der Waals surface area contributed by atoms with E-state index in [1.54, 1.807) is 18.3 Å². The number of aryl methyl sites for hydroxylation is 1. The molecule has 0 atom stereocenters. The van der Waals surface area contributed by atoms with Gasteiger partial charge in [-0.15, -0.1) is 5.10 Å². The fourth-order valence-electron chi connectivity index (χ4n) is 2.86. The minimum Gasteiger partial charge on any atom is -0.263 e. The van der Waals surface area contributed by atoms with E-state index >= 15 is 0 Å². The molecule has 1 saturated heterocycles. The Morgan fingerprint density at radius 2 is 2.09 bits per heavy atom. The average molecular weight is 335 g/mol. The van der Waals surface area contributed by atoms with Crippen molar-refractivity contribution in [3.05, 3.63) is 36.4 Å². The van der Waals surface area contributed by atoms with Crippen molar-refractivity contribution >= 4 is 10.0 Å². The molecule has 2 aromatic heterocycles. The highest BCUT2D eigenvalue weighted by Crippen LogP contribution is 2.26. The first-order valence-electron chi connectivity index (χ1n) is 7.92. The summed E-state index contributed by atoms with van der Waals surface area (Å²) >= 11 is 0. The van der Waals surface area contributed by atoms with E-state index in [9.17, 15) is 8.42 Å². The number of aromatic nitrogens is 4. The van der Waals surface area contributed by atoms with Crippen LogP contribution in [-0.2, 0) is 16.4 Å². The summed E-state index contributed by atoms with van der Waals surface area (Å²) in [7, 11) is -3.45. The molecule has 0 unspecified atom stereocenters. The van der Waals surface area contributed by atoms with Gasteiger partial charge in [0.25, 0.3) is 0 Å². The van der Waals surface area contributed by atoms with Gasteiger partial charge in [0, 0.05) is 31.7 Å². The van der Waals surface area contributed by atoms with Crippen LogP contribution in [0.1, 0.15) is 37.9 Å². The Morgan fingerprint density at radius 1 is 1.30 bits per heavy atom. The zero-order valence-corrected chi connectivity index (χ0v) is 14.0. The molecule has 0 N–H and O–H groups in total. The Kier molecular flexibility index (Phi) is 4.72. The fraction of sp³-hybridized carbons (Fsp3) is 0.533. The zero-order chi connectivity index (χ0) is 16.3. The summed E-state index contributed by atoms with van der Waals surface area (Å²) in [6.07, 6.45) is 8.41. The van der Waals surface area contributed by atoms with Crippen molar-refractivity contribution in [3.8, 4) is 0 Å². The van der Waals surface area contributed by atoms with Crippen molar-refractivity contribution in [2.45, 2.75) is 43.5 Å². The first-order chi connectivity index (χ1) is 11.1. The lowest BCUT2D eigenvalue weighted by Crippen LogP contribution is -2.39. The van der Waals surface area contributed by atoms with Gasteiger partial charge in [0.05, 0.1) is 11.7 Å². The summed E-state index contributed by atoms with van der Waals surface area (Å²) in [4.78, 5) is 4.15. The van der Waals surface area contributed by atoms with Gasteiger partial charge in [-0.3, -0.25) is 4.98 Å². The second kappa shape index (κ2) is 6.76. The molecule has 0 spiro atoms. The van der Waals surface area contributed by atoms with Crippen molar-refractivity contribution < 1.29 is 8.42 Å². The van der Waals surface area contributed by atoms with Gasteiger partial charge in [-0.2, -0.15) is 4.31 Å². The molecule has 1 aliphatic rings. The van der Waals surface area contributed by atoms with Crippen molar-refractivity contribution in [3.63, 3.8) is 0 Å². The van der Waals surface area contributed by atoms with Gasteiger partial charge in [0.1, 0.15) is 4.90 Å². The van der Waals surface area contributed by atoms with Gasteiger partial charge in [0.2, 0.25) is 10.0 Å². The van der Waals surface area contributed by atoms with E-state index in [4.69, 9.17) is 0 Å². The Hall–Kier alpha value is -1.80. The predicted molar refractivity (Wildman–Crippen MR) is 85.3 cm³/mol. The highest BCUT2D eigenvalue weighted by Gasteiger charge is 2.30. The minimum atomic E-state index is -3.45. The van der Waals surface area contributed by atoms with Crippen LogP contribution in [0.5, 0.6) is 0 Å². The number of sulfonamides is 1. The van der Waals surface area contributed by atoms with Crippen molar-refractivity contribution in [2.75, 3.05) is 13.1 Å². The fourth-order valence-corrected chi connectivity index (χ4v) is 4.29. The van der Waals surface area contributed by atoms with Crippen LogP contribution in [-0.4, -0.2) is 45.8 Å². The average Bonchev–Trinajstić information content (AvgIpc) is 3.05. The molecular weight excluding hydrogens is 314 g/mol. The molecule has 0 saturated carbocycles. The van der Waals surface area contributed by atoms with E-state index in [1.165, 1.54) is 10.5 Å². The van der Waals surface area contributed by atoms with E-state index in [0.29, 0.717) is 13.1 Å². The Bertz CT molecular complexity index is 736. The molecule has 3 rings (SSSR count). The number of piperidine rings is 1. The molecule has 3 heterocycles. The first kappa shape index (κ1) is 16.1. The summed E-state index contributed by atoms with van der Waals surface area (Å²) < 4.78 is 28.6. The molecule has 0 radical (unpaired) electrons. The maximum atomic E-state index is 12.6. The van der Waals surface area contributed by atoms with E-state index in [0.717, 1.165) is 31.4 Å². The first-order valence-corrected chi connectivity index (χ1v) is 9.36. The summed E-state index contributed by atoms with van der Waals surface area (Å²) in [5.41, 5.74) is 0.998. The van der Waals surface area contributed by atoms with Gasteiger partial charge in [0.15, 0.2) is 0 Å². The Labute approximate surface area is 136 Å². The highest BCUT2D eigenvalue weighted by molar-refractivity contribution is 7.89. The van der Waals surface area contributed by atoms with Gasteiger partial charge >= 0.3 is 0 Å². The van der Waals surface area contributed by atoms with Gasteiger partial charge in [-0.05, 0) is 31.4 Å². The quantitative estimate of drug-likeness (QED) is 0.830. The number of hydrogen-bond donors (Lipinski definition) is 0. The normalized spacial score (nSPS) is 17.4. The molecule has 0 aliphatic carbocycles. The molecule has 7 nitrogen and oxygen atoms in total. The molecule has 1 aliphatic heterocycles. The summed E-state index contributed by atoms with van der Waals surface area (Å²) in [6, 6.07) is 3.45. The molecule has 1 fully saturated rings. The molecular formula is C15H21N5O2S. The molecule has 124 valence electrons. The van der Waals surface area contributed by atoms with Crippen LogP contribution in [0, 0.1) is 0 Å². The second-order valence-electron chi connectivity index (χ2n) is 5.76. The smallest absolute Gasteiger partial charge is 0.244 e. The largest absolute Gasteiger partial charge is 0.263 e. The number of nitrogens with zero attached hydrogens (tertiary/aromatic N) is 5. The van der Waals surface area contributed by atoms with Crippen LogP contribution in [0.25, 0.3) is 0 Å². The highest BCUT2D eigenvalue weighted by atomic mass is 32.2. The number of pyridine rings is 1. The van der Waals surface area contributed by atoms with Gasteiger partial charge in [-0.25, -0.2) is 13.1 Å². The standard InChI is InChI=1S/C15H21N5O2S/c1-2-4-13-12-20(18-17-13)14-6-9-19(10-7-14)23(21,22)15-5-3-8-16-11-15/h3,5,8,11-12,14H,2,4,6-7,9-10H2,1H3. The van der Waals surface area contributed by atoms with Crippen molar-refractivity contribution in [1.82, 2.24) is 24.3 Å². The van der Waals surface area contributed by atoms with E-state index in [2.05, 4.69) is 22.2 Å². The van der Waals surface area contributed by atoms with E-state index < -0.39 is 10.0 Å². The predicted octanol–water partition coefficient (Wildman–Crippen LogP) is 1.65. The summed E-state index contributed by atoms with van der Waals surface area (Å²) in [6.45, 7) is 3.09. The maximum Gasteiger partial charge on any atom is 0.244 e. The maximum absolute atomic E-state index is 12.6.